The maximum absolute atomic E-state index is 13.1. The van der Waals surface area contributed by atoms with Crippen molar-refractivity contribution >= 4 is 21.6 Å². The molecule has 3 rings (SSSR count). The van der Waals surface area contributed by atoms with E-state index in [-0.39, 0.29) is 22.2 Å². The highest BCUT2D eigenvalue weighted by Gasteiger charge is 2.32. The Morgan fingerprint density at radius 3 is 2.55 bits per heavy atom. The maximum atomic E-state index is 13.1. The van der Waals surface area contributed by atoms with Gasteiger partial charge in [-0.1, -0.05) is 18.6 Å². The molecule has 6 nitrogen and oxygen atoms in total. The van der Waals surface area contributed by atoms with Crippen LogP contribution in [0.2, 0.25) is 0 Å². The summed E-state index contributed by atoms with van der Waals surface area (Å²) in [4.78, 5) is 12.6. The summed E-state index contributed by atoms with van der Waals surface area (Å²) >= 11 is 0. The summed E-state index contributed by atoms with van der Waals surface area (Å²) in [7, 11) is -3.77. The van der Waals surface area contributed by atoms with Crippen molar-refractivity contribution in [2.24, 2.45) is 0 Å². The zero-order valence-corrected chi connectivity index (χ0v) is 18.0. The number of piperidine rings is 1. The number of carbonyl (C=O) groups excluding carboxylic acids is 1. The van der Waals surface area contributed by atoms with E-state index in [9.17, 15) is 26.4 Å². The first-order valence-electron chi connectivity index (χ1n) is 9.86. The number of rotatable bonds is 5. The van der Waals surface area contributed by atoms with Crippen molar-refractivity contribution in [2.75, 3.05) is 12.0 Å². The maximum Gasteiger partial charge on any atom is 0.416 e. The van der Waals surface area contributed by atoms with E-state index in [0.717, 1.165) is 31.4 Å². The zero-order valence-electron chi connectivity index (χ0n) is 17.2. The number of hydrazine groups is 1. The number of anilines is 1. The molecule has 1 unspecified atom stereocenters. The van der Waals surface area contributed by atoms with E-state index in [2.05, 4.69) is 10.9 Å². The molecule has 1 saturated heterocycles. The molecule has 2 aromatic rings. The average molecular weight is 456 g/mol. The Morgan fingerprint density at radius 1 is 1.13 bits per heavy atom. The molecule has 1 aliphatic heterocycles. The number of halogens is 3. The summed E-state index contributed by atoms with van der Waals surface area (Å²) in [6, 6.07) is 8.56. The molecule has 1 aliphatic rings. The minimum atomic E-state index is -4.51. The van der Waals surface area contributed by atoms with Crippen molar-refractivity contribution < 1.29 is 26.4 Å². The summed E-state index contributed by atoms with van der Waals surface area (Å²) in [5, 5.41) is 0. The number of amides is 1. The van der Waals surface area contributed by atoms with Gasteiger partial charge in [-0.25, -0.2) is 8.42 Å². The molecule has 2 N–H and O–H groups in total. The first-order valence-corrected chi connectivity index (χ1v) is 11.3. The Balaban J connectivity index is 1.79. The van der Waals surface area contributed by atoms with E-state index in [4.69, 9.17) is 0 Å². The van der Waals surface area contributed by atoms with Crippen LogP contribution in [0.4, 0.5) is 18.9 Å². The fraction of sp³-hybridized carbons (Fsp3) is 0.381. The van der Waals surface area contributed by atoms with Gasteiger partial charge in [0, 0.05) is 18.2 Å². The van der Waals surface area contributed by atoms with Gasteiger partial charge in [-0.05, 0) is 62.6 Å². The molecule has 0 aromatic heterocycles. The molecule has 2 aromatic carbocycles. The predicted molar refractivity (Wildman–Crippen MR) is 111 cm³/mol. The van der Waals surface area contributed by atoms with E-state index in [0.29, 0.717) is 12.1 Å². The molecule has 168 valence electrons. The molecular weight excluding hydrogens is 431 g/mol. The second-order valence-electron chi connectivity index (χ2n) is 7.59. The van der Waals surface area contributed by atoms with Crippen molar-refractivity contribution in [3.05, 3.63) is 59.2 Å². The Kier molecular flexibility index (Phi) is 6.61. The van der Waals surface area contributed by atoms with Crippen LogP contribution in [0.15, 0.2) is 47.4 Å². The van der Waals surface area contributed by atoms with Crippen LogP contribution in [0.5, 0.6) is 0 Å². The summed E-state index contributed by atoms with van der Waals surface area (Å²) in [6.07, 6.45) is -1.98. The summed E-state index contributed by atoms with van der Waals surface area (Å²) in [6.45, 7) is 3.94. The molecule has 0 bridgehead atoms. The molecule has 0 saturated carbocycles. The van der Waals surface area contributed by atoms with Crippen LogP contribution in [-0.2, 0) is 16.2 Å². The molecule has 0 radical (unpaired) electrons. The summed E-state index contributed by atoms with van der Waals surface area (Å²) < 4.78 is 66.1. The number of sulfonamides is 1. The van der Waals surface area contributed by atoms with E-state index < -0.39 is 27.7 Å². The Bertz CT molecular complexity index is 1070. The van der Waals surface area contributed by atoms with Crippen molar-refractivity contribution in [2.45, 2.75) is 50.2 Å². The number of hydrogen-bond acceptors (Lipinski definition) is 4. The van der Waals surface area contributed by atoms with Gasteiger partial charge in [-0.3, -0.25) is 15.6 Å². The summed E-state index contributed by atoms with van der Waals surface area (Å²) in [5.41, 5.74) is 4.63. The lowest BCUT2D eigenvalue weighted by Gasteiger charge is -2.32. The van der Waals surface area contributed by atoms with E-state index in [1.54, 1.807) is 13.0 Å². The second-order valence-corrected chi connectivity index (χ2v) is 9.49. The van der Waals surface area contributed by atoms with Crippen LogP contribution in [0.3, 0.4) is 0 Å². The van der Waals surface area contributed by atoms with E-state index in [1.807, 2.05) is 6.92 Å². The number of aryl methyl sites for hydroxylation is 1. The predicted octanol–water partition coefficient (Wildman–Crippen LogP) is 4.33. The Hall–Kier alpha value is -2.59. The normalized spacial score (nSPS) is 17.9. The topological polar surface area (TPSA) is 78.5 Å². The molecule has 1 heterocycles. The molecule has 1 atom stereocenters. The average Bonchev–Trinajstić information content (AvgIpc) is 2.72. The molecule has 1 fully saturated rings. The highest BCUT2D eigenvalue weighted by atomic mass is 32.2. The Morgan fingerprint density at radius 2 is 1.87 bits per heavy atom. The third kappa shape index (κ3) is 5.19. The standard InChI is InChI=1S/C21H24F3N3O3S/c1-14-9-10-18(31(29,30)27-11-4-3-6-15(27)2)13-19(14)20(28)26-25-17-8-5-7-16(12-17)21(22,23)24/h5,7-10,12-13,15,25H,3-4,6,11H2,1-2H3,(H,26,28). The number of nitrogens with zero attached hydrogens (tertiary/aromatic N) is 1. The van der Waals surface area contributed by atoms with Crippen LogP contribution in [0.25, 0.3) is 0 Å². The quantitative estimate of drug-likeness (QED) is 0.658. The zero-order chi connectivity index (χ0) is 22.8. The number of carbonyl (C=O) groups is 1. The minimum absolute atomic E-state index is 0.0102. The van der Waals surface area contributed by atoms with Gasteiger partial charge >= 0.3 is 6.18 Å². The number of benzene rings is 2. The van der Waals surface area contributed by atoms with Gasteiger partial charge in [0.05, 0.1) is 16.1 Å². The van der Waals surface area contributed by atoms with Crippen LogP contribution >= 0.6 is 0 Å². The molecule has 0 spiro atoms. The number of hydrogen-bond donors (Lipinski definition) is 2. The van der Waals surface area contributed by atoms with E-state index in [1.165, 1.54) is 28.6 Å². The number of nitrogens with one attached hydrogen (secondary N) is 2. The van der Waals surface area contributed by atoms with Crippen LogP contribution in [-0.4, -0.2) is 31.2 Å². The van der Waals surface area contributed by atoms with E-state index >= 15 is 0 Å². The van der Waals surface area contributed by atoms with Crippen molar-refractivity contribution in [1.82, 2.24) is 9.73 Å². The van der Waals surface area contributed by atoms with Gasteiger partial charge in [0.1, 0.15) is 0 Å². The first-order chi connectivity index (χ1) is 14.5. The fourth-order valence-electron chi connectivity index (χ4n) is 3.54. The monoisotopic (exact) mass is 455 g/mol. The smallest absolute Gasteiger partial charge is 0.298 e. The molecule has 0 aliphatic carbocycles. The fourth-order valence-corrected chi connectivity index (χ4v) is 5.27. The molecule has 31 heavy (non-hydrogen) atoms. The van der Waals surface area contributed by atoms with Gasteiger partial charge < -0.3 is 0 Å². The lowest BCUT2D eigenvalue weighted by Crippen LogP contribution is -2.42. The summed E-state index contributed by atoms with van der Waals surface area (Å²) in [5.74, 6) is -0.654. The Labute approximate surface area is 179 Å². The highest BCUT2D eigenvalue weighted by molar-refractivity contribution is 7.89. The molecule has 10 heteroatoms. The second kappa shape index (κ2) is 8.88. The van der Waals surface area contributed by atoms with Gasteiger partial charge in [-0.2, -0.15) is 17.5 Å². The van der Waals surface area contributed by atoms with Crippen molar-refractivity contribution in [1.29, 1.82) is 0 Å². The first kappa shape index (κ1) is 23.1. The van der Waals surface area contributed by atoms with Crippen LogP contribution in [0.1, 0.15) is 47.7 Å². The third-order valence-electron chi connectivity index (χ3n) is 5.31. The molecule has 1 amide bonds. The largest absolute Gasteiger partial charge is 0.416 e. The number of alkyl halides is 3. The lowest BCUT2D eigenvalue weighted by atomic mass is 10.1. The van der Waals surface area contributed by atoms with Crippen LogP contribution < -0.4 is 10.9 Å². The van der Waals surface area contributed by atoms with Gasteiger partial charge in [-0.15, -0.1) is 0 Å². The van der Waals surface area contributed by atoms with Gasteiger partial charge in [0.25, 0.3) is 5.91 Å². The van der Waals surface area contributed by atoms with Crippen LogP contribution in [0, 0.1) is 6.92 Å². The van der Waals surface area contributed by atoms with Gasteiger partial charge in [0.15, 0.2) is 0 Å². The molecular formula is C21H24F3N3O3S. The lowest BCUT2D eigenvalue weighted by molar-refractivity contribution is -0.137. The minimum Gasteiger partial charge on any atom is -0.298 e. The highest BCUT2D eigenvalue weighted by Crippen LogP contribution is 2.30. The third-order valence-corrected chi connectivity index (χ3v) is 7.32. The SMILES string of the molecule is Cc1ccc(S(=O)(=O)N2CCCCC2C)cc1C(=O)NNc1cccc(C(F)(F)F)c1. The van der Waals surface area contributed by atoms with Gasteiger partial charge in [0.2, 0.25) is 10.0 Å². The van der Waals surface area contributed by atoms with Crippen molar-refractivity contribution in [3.63, 3.8) is 0 Å². The van der Waals surface area contributed by atoms with Crippen molar-refractivity contribution in [3.8, 4) is 0 Å².